The molecule has 1 heterocycles. The molecule has 6 nitrogen and oxygen atoms in total. The second-order valence-corrected chi connectivity index (χ2v) is 5.68. The molecule has 0 aliphatic carbocycles. The minimum absolute atomic E-state index is 0.374. The van der Waals surface area contributed by atoms with Crippen molar-refractivity contribution in [3.8, 4) is 11.8 Å². The molecule has 0 radical (unpaired) electrons. The van der Waals surface area contributed by atoms with Gasteiger partial charge in [0.15, 0.2) is 6.61 Å². The molecule has 26 heavy (non-hydrogen) atoms. The van der Waals surface area contributed by atoms with E-state index in [9.17, 15) is 14.9 Å². The largest absolute Gasteiger partial charge is 0.452 e. The van der Waals surface area contributed by atoms with Crippen LogP contribution >= 0.6 is 0 Å². The van der Waals surface area contributed by atoms with Gasteiger partial charge in [-0.3, -0.25) is 9.36 Å². The number of carbonyl (C=O) groups is 2. The summed E-state index contributed by atoms with van der Waals surface area (Å²) in [6, 6.07) is 11.6. The summed E-state index contributed by atoms with van der Waals surface area (Å²) in [6.45, 7) is 5.19. The summed E-state index contributed by atoms with van der Waals surface area (Å²) in [4.78, 5) is 23.7. The maximum Gasteiger partial charge on any atom is 0.330 e. The number of benzene rings is 1. The molecule has 0 bridgehead atoms. The van der Waals surface area contributed by atoms with Crippen LogP contribution in [0.5, 0.6) is 0 Å². The molecule has 2 rings (SSSR count). The number of nitriles is 1. The Morgan fingerprint density at radius 3 is 2.58 bits per heavy atom. The van der Waals surface area contributed by atoms with E-state index in [4.69, 9.17) is 4.74 Å². The summed E-state index contributed by atoms with van der Waals surface area (Å²) >= 11 is 0. The Labute approximate surface area is 152 Å². The highest BCUT2D eigenvalue weighted by Gasteiger charge is 2.20. The highest BCUT2D eigenvalue weighted by Crippen LogP contribution is 2.29. The molecule has 0 spiro atoms. The molecule has 1 amide bonds. The number of hydrogen-bond donors (Lipinski definition) is 1. The molecule has 0 atom stereocenters. The van der Waals surface area contributed by atoms with E-state index in [1.807, 2.05) is 55.7 Å². The molecule has 0 fully saturated rings. The minimum atomic E-state index is -0.576. The van der Waals surface area contributed by atoms with E-state index in [1.54, 1.807) is 6.08 Å². The molecule has 0 aliphatic rings. The number of ether oxygens (including phenoxy) is 1. The van der Waals surface area contributed by atoms with Crippen molar-refractivity contribution in [3.63, 3.8) is 0 Å². The number of nitrogens with zero attached hydrogens (tertiary/aromatic N) is 2. The van der Waals surface area contributed by atoms with Crippen molar-refractivity contribution in [1.29, 1.82) is 5.26 Å². The summed E-state index contributed by atoms with van der Waals surface area (Å²) in [7, 11) is 0. The lowest BCUT2D eigenvalue weighted by Gasteiger charge is -2.13. The van der Waals surface area contributed by atoms with Crippen LogP contribution in [0.4, 0.5) is 5.82 Å². The van der Waals surface area contributed by atoms with E-state index in [1.165, 1.54) is 6.08 Å². The number of aromatic nitrogens is 1. The Balaban J connectivity index is 2.27. The second-order valence-electron chi connectivity index (χ2n) is 5.68. The number of allylic oxidation sites excluding steroid dienone is 1. The Morgan fingerprint density at radius 1 is 1.27 bits per heavy atom. The zero-order valence-corrected chi connectivity index (χ0v) is 15.1. The average molecular weight is 351 g/mol. The fraction of sp³-hybridized carbons (Fsp3) is 0.250. The van der Waals surface area contributed by atoms with Crippen molar-refractivity contribution in [1.82, 2.24) is 4.57 Å². The molecular weight excluding hydrogens is 330 g/mol. The van der Waals surface area contributed by atoms with Crippen LogP contribution in [0.15, 0.2) is 42.5 Å². The highest BCUT2D eigenvalue weighted by atomic mass is 16.5. The first-order valence-electron chi connectivity index (χ1n) is 8.30. The summed E-state index contributed by atoms with van der Waals surface area (Å²) in [6.07, 6.45) is 3.65. The van der Waals surface area contributed by atoms with Crippen molar-refractivity contribution < 1.29 is 14.3 Å². The molecule has 0 unspecified atom stereocenters. The topological polar surface area (TPSA) is 84.1 Å². The molecule has 2 aromatic rings. The van der Waals surface area contributed by atoms with Gasteiger partial charge in [0.2, 0.25) is 0 Å². The summed E-state index contributed by atoms with van der Waals surface area (Å²) in [5, 5.41) is 12.2. The molecule has 6 heteroatoms. The van der Waals surface area contributed by atoms with Crippen molar-refractivity contribution in [3.05, 3.63) is 59.3 Å². The number of amides is 1. The number of esters is 1. The third-order valence-corrected chi connectivity index (χ3v) is 3.93. The standard InChI is InChI=1S/C20H21N3O3/c1-4-5-11-19(25)26-13-18(24)22-20-17(12-21)14(2)15(3)23(20)16-9-7-6-8-10-16/h5-11H,4,13H2,1-3H3,(H,22,24)/b11-5+. The number of nitrogens with one attached hydrogen (secondary N) is 1. The predicted molar refractivity (Wildman–Crippen MR) is 99.0 cm³/mol. The fourth-order valence-corrected chi connectivity index (χ4v) is 2.53. The normalized spacial score (nSPS) is 10.5. The lowest BCUT2D eigenvalue weighted by Crippen LogP contribution is -2.22. The second kappa shape index (κ2) is 8.67. The Kier molecular flexibility index (Phi) is 6.34. The first-order chi connectivity index (χ1) is 12.5. The van der Waals surface area contributed by atoms with Gasteiger partial charge in [0.25, 0.3) is 5.91 Å². The average Bonchev–Trinajstić information content (AvgIpc) is 2.88. The predicted octanol–water partition coefficient (Wildman–Crippen LogP) is 3.41. The van der Waals surface area contributed by atoms with Gasteiger partial charge in [0, 0.05) is 17.5 Å². The van der Waals surface area contributed by atoms with Gasteiger partial charge in [0.05, 0.1) is 5.56 Å². The van der Waals surface area contributed by atoms with E-state index in [2.05, 4.69) is 11.4 Å². The van der Waals surface area contributed by atoms with Crippen LogP contribution in [-0.4, -0.2) is 23.1 Å². The van der Waals surface area contributed by atoms with Gasteiger partial charge in [-0.2, -0.15) is 5.26 Å². The van der Waals surface area contributed by atoms with Gasteiger partial charge in [0.1, 0.15) is 11.9 Å². The minimum Gasteiger partial charge on any atom is -0.452 e. The molecular formula is C20H21N3O3. The van der Waals surface area contributed by atoms with Gasteiger partial charge in [-0.25, -0.2) is 4.79 Å². The lowest BCUT2D eigenvalue weighted by molar-refractivity contribution is -0.142. The number of carbonyl (C=O) groups excluding carboxylic acids is 2. The lowest BCUT2D eigenvalue weighted by atomic mass is 10.2. The van der Waals surface area contributed by atoms with Crippen LogP contribution in [0.1, 0.15) is 30.2 Å². The van der Waals surface area contributed by atoms with Crippen LogP contribution in [0, 0.1) is 25.2 Å². The maximum atomic E-state index is 12.2. The van der Waals surface area contributed by atoms with Gasteiger partial charge < -0.3 is 10.1 Å². The smallest absolute Gasteiger partial charge is 0.330 e. The number of anilines is 1. The van der Waals surface area contributed by atoms with Crippen molar-refractivity contribution >= 4 is 17.7 Å². The summed E-state index contributed by atoms with van der Waals surface area (Å²) < 4.78 is 6.71. The molecule has 0 aliphatic heterocycles. The molecule has 134 valence electrons. The highest BCUT2D eigenvalue weighted by molar-refractivity contribution is 5.95. The van der Waals surface area contributed by atoms with E-state index >= 15 is 0 Å². The molecule has 1 aromatic heterocycles. The first-order valence-corrected chi connectivity index (χ1v) is 8.30. The Hall–Kier alpha value is -3.33. The van der Waals surface area contributed by atoms with Crippen LogP contribution < -0.4 is 5.32 Å². The van der Waals surface area contributed by atoms with E-state index in [-0.39, 0.29) is 0 Å². The van der Waals surface area contributed by atoms with Crippen LogP contribution in [0.2, 0.25) is 0 Å². The zero-order chi connectivity index (χ0) is 19.1. The molecule has 0 saturated carbocycles. The summed E-state index contributed by atoms with van der Waals surface area (Å²) in [5.41, 5.74) is 2.85. The fourth-order valence-electron chi connectivity index (χ4n) is 2.53. The number of rotatable bonds is 6. The van der Waals surface area contributed by atoms with Crippen molar-refractivity contribution in [2.45, 2.75) is 27.2 Å². The first kappa shape index (κ1) is 19.0. The summed E-state index contributed by atoms with van der Waals surface area (Å²) in [5.74, 6) is -0.707. The maximum absolute atomic E-state index is 12.2. The monoisotopic (exact) mass is 351 g/mol. The number of hydrogen-bond acceptors (Lipinski definition) is 4. The van der Waals surface area contributed by atoms with E-state index in [0.29, 0.717) is 17.8 Å². The van der Waals surface area contributed by atoms with Crippen LogP contribution in [0.25, 0.3) is 5.69 Å². The Bertz CT molecular complexity index is 874. The van der Waals surface area contributed by atoms with Crippen molar-refractivity contribution in [2.75, 3.05) is 11.9 Å². The van der Waals surface area contributed by atoms with Crippen molar-refractivity contribution in [2.24, 2.45) is 0 Å². The van der Waals surface area contributed by atoms with Gasteiger partial charge in [-0.05, 0) is 38.0 Å². The third-order valence-electron chi connectivity index (χ3n) is 3.93. The number of para-hydroxylation sites is 1. The SMILES string of the molecule is CC/C=C/C(=O)OCC(=O)Nc1c(C#N)c(C)c(C)n1-c1ccccc1. The Morgan fingerprint density at radius 2 is 1.96 bits per heavy atom. The molecule has 1 aromatic carbocycles. The quantitative estimate of drug-likeness (QED) is 0.638. The van der Waals surface area contributed by atoms with E-state index < -0.39 is 18.5 Å². The zero-order valence-electron chi connectivity index (χ0n) is 15.1. The molecule has 0 saturated heterocycles. The van der Waals surface area contributed by atoms with Gasteiger partial charge in [-0.1, -0.05) is 31.2 Å². The van der Waals surface area contributed by atoms with E-state index in [0.717, 1.165) is 16.9 Å². The molecule has 1 N–H and O–H groups in total. The van der Waals surface area contributed by atoms with Crippen LogP contribution in [0.3, 0.4) is 0 Å². The van der Waals surface area contributed by atoms with Gasteiger partial charge >= 0.3 is 5.97 Å². The van der Waals surface area contributed by atoms with Crippen LogP contribution in [-0.2, 0) is 14.3 Å². The third kappa shape index (κ3) is 4.19. The van der Waals surface area contributed by atoms with Gasteiger partial charge in [-0.15, -0.1) is 0 Å².